The van der Waals surface area contributed by atoms with E-state index in [9.17, 15) is 22.8 Å². The largest absolute Gasteiger partial charge is 0.416 e. The Hall–Kier alpha value is -2.05. The van der Waals surface area contributed by atoms with Crippen molar-refractivity contribution in [1.82, 2.24) is 10.6 Å². The lowest BCUT2D eigenvalue weighted by atomic mass is 9.82. The van der Waals surface area contributed by atoms with Gasteiger partial charge in [-0.25, -0.2) is 0 Å². The minimum Gasteiger partial charge on any atom is -0.354 e. The third-order valence-corrected chi connectivity index (χ3v) is 4.32. The van der Waals surface area contributed by atoms with Crippen molar-refractivity contribution >= 4 is 11.8 Å². The monoisotopic (exact) mass is 342 g/mol. The standard InChI is InChI=1S/C17H21F3N2O2/c1-16(2,11-6-5-7-12(10-11)17(18,19)20)15(24)22-13-8-3-4-9-21-14(13)23/h5-7,10,13H,3-4,8-9H2,1-2H3,(H,21,23)(H,22,24). The molecule has 1 saturated heterocycles. The van der Waals surface area contributed by atoms with Crippen LogP contribution in [0.3, 0.4) is 0 Å². The van der Waals surface area contributed by atoms with Crippen molar-refractivity contribution in [3.8, 4) is 0 Å². The van der Waals surface area contributed by atoms with E-state index in [0.29, 0.717) is 13.0 Å². The lowest BCUT2D eigenvalue weighted by Gasteiger charge is -2.27. The van der Waals surface area contributed by atoms with E-state index >= 15 is 0 Å². The molecular weight excluding hydrogens is 321 g/mol. The molecule has 0 radical (unpaired) electrons. The van der Waals surface area contributed by atoms with Crippen LogP contribution in [0.4, 0.5) is 13.2 Å². The number of hydrogen-bond acceptors (Lipinski definition) is 2. The Balaban J connectivity index is 2.19. The number of rotatable bonds is 3. The highest BCUT2D eigenvalue weighted by Crippen LogP contribution is 2.33. The van der Waals surface area contributed by atoms with Crippen LogP contribution in [0, 0.1) is 0 Å². The van der Waals surface area contributed by atoms with Crippen molar-refractivity contribution in [1.29, 1.82) is 0 Å². The van der Waals surface area contributed by atoms with Gasteiger partial charge in [0.05, 0.1) is 11.0 Å². The van der Waals surface area contributed by atoms with E-state index in [0.717, 1.165) is 25.0 Å². The first-order valence-corrected chi connectivity index (χ1v) is 7.89. The fourth-order valence-electron chi connectivity index (χ4n) is 2.63. The maximum absolute atomic E-state index is 12.9. The van der Waals surface area contributed by atoms with E-state index in [2.05, 4.69) is 10.6 Å². The summed E-state index contributed by atoms with van der Waals surface area (Å²) in [5.41, 5.74) is -1.73. The molecule has 0 aliphatic carbocycles. The van der Waals surface area contributed by atoms with E-state index in [1.54, 1.807) is 13.8 Å². The van der Waals surface area contributed by atoms with E-state index in [1.165, 1.54) is 12.1 Å². The van der Waals surface area contributed by atoms with Gasteiger partial charge in [-0.3, -0.25) is 9.59 Å². The molecule has 2 rings (SSSR count). The van der Waals surface area contributed by atoms with E-state index in [-0.39, 0.29) is 11.5 Å². The second-order valence-corrected chi connectivity index (χ2v) is 6.52. The minimum absolute atomic E-state index is 0.249. The first-order valence-electron chi connectivity index (χ1n) is 7.89. The summed E-state index contributed by atoms with van der Waals surface area (Å²) in [6.45, 7) is 3.67. The zero-order valence-corrected chi connectivity index (χ0v) is 13.7. The van der Waals surface area contributed by atoms with Crippen LogP contribution in [0.5, 0.6) is 0 Å². The van der Waals surface area contributed by atoms with Crippen molar-refractivity contribution in [2.75, 3.05) is 6.54 Å². The molecule has 4 nitrogen and oxygen atoms in total. The smallest absolute Gasteiger partial charge is 0.354 e. The van der Waals surface area contributed by atoms with Gasteiger partial charge in [-0.1, -0.05) is 18.2 Å². The van der Waals surface area contributed by atoms with Crippen LogP contribution in [-0.4, -0.2) is 24.4 Å². The number of hydrogen-bond donors (Lipinski definition) is 2. The van der Waals surface area contributed by atoms with Crippen LogP contribution in [0.25, 0.3) is 0 Å². The highest BCUT2D eigenvalue weighted by Gasteiger charge is 2.36. The maximum atomic E-state index is 12.9. The Kier molecular flexibility index (Phi) is 5.20. The van der Waals surface area contributed by atoms with Gasteiger partial charge in [0.1, 0.15) is 6.04 Å². The number of benzene rings is 1. The zero-order valence-electron chi connectivity index (χ0n) is 13.7. The second kappa shape index (κ2) is 6.83. The zero-order chi connectivity index (χ0) is 18.0. The first-order chi connectivity index (χ1) is 11.1. The van der Waals surface area contributed by atoms with Crippen molar-refractivity contribution in [3.63, 3.8) is 0 Å². The lowest BCUT2D eigenvalue weighted by Crippen LogP contribution is -2.50. The summed E-state index contributed by atoms with van der Waals surface area (Å²) in [4.78, 5) is 24.5. The number of carbonyl (C=O) groups is 2. The fourth-order valence-corrected chi connectivity index (χ4v) is 2.63. The molecule has 1 fully saturated rings. The molecule has 0 bridgehead atoms. The van der Waals surface area contributed by atoms with Gasteiger partial charge in [-0.15, -0.1) is 0 Å². The van der Waals surface area contributed by atoms with Gasteiger partial charge >= 0.3 is 6.18 Å². The molecule has 132 valence electrons. The maximum Gasteiger partial charge on any atom is 0.416 e. The number of nitrogens with one attached hydrogen (secondary N) is 2. The van der Waals surface area contributed by atoms with Crippen LogP contribution < -0.4 is 10.6 Å². The quantitative estimate of drug-likeness (QED) is 0.887. The Morgan fingerprint density at radius 1 is 1.21 bits per heavy atom. The summed E-state index contributed by atoms with van der Waals surface area (Å²) >= 11 is 0. The molecular formula is C17H21F3N2O2. The molecule has 1 aromatic rings. The van der Waals surface area contributed by atoms with Gasteiger partial charge in [0, 0.05) is 6.54 Å². The van der Waals surface area contributed by atoms with E-state index in [1.807, 2.05) is 0 Å². The molecule has 1 aromatic carbocycles. The summed E-state index contributed by atoms with van der Waals surface area (Å²) in [7, 11) is 0. The Labute approximate surface area is 138 Å². The van der Waals surface area contributed by atoms with Gasteiger partial charge in [-0.2, -0.15) is 13.2 Å². The van der Waals surface area contributed by atoms with Crippen LogP contribution in [-0.2, 0) is 21.2 Å². The first kappa shape index (κ1) is 18.3. The molecule has 2 amide bonds. The molecule has 24 heavy (non-hydrogen) atoms. The minimum atomic E-state index is -4.47. The molecule has 1 unspecified atom stereocenters. The van der Waals surface area contributed by atoms with Crippen LogP contribution in [0.2, 0.25) is 0 Å². The lowest BCUT2D eigenvalue weighted by molar-refractivity contribution is -0.138. The molecule has 7 heteroatoms. The van der Waals surface area contributed by atoms with Crippen molar-refractivity contribution in [2.24, 2.45) is 0 Å². The summed E-state index contributed by atoms with van der Waals surface area (Å²) < 4.78 is 38.6. The average molecular weight is 342 g/mol. The van der Waals surface area contributed by atoms with Gasteiger partial charge in [0.25, 0.3) is 0 Å². The molecule has 0 aromatic heterocycles. The predicted molar refractivity (Wildman–Crippen MR) is 83.3 cm³/mol. The molecule has 1 aliphatic rings. The van der Waals surface area contributed by atoms with Crippen LogP contribution in [0.15, 0.2) is 24.3 Å². The van der Waals surface area contributed by atoms with E-state index in [4.69, 9.17) is 0 Å². The van der Waals surface area contributed by atoms with Crippen LogP contribution >= 0.6 is 0 Å². The normalized spacial score (nSPS) is 19.4. The third-order valence-electron chi connectivity index (χ3n) is 4.32. The molecule has 1 heterocycles. The molecule has 0 saturated carbocycles. The Bertz CT molecular complexity index is 627. The number of alkyl halides is 3. The Morgan fingerprint density at radius 2 is 1.88 bits per heavy atom. The highest BCUT2D eigenvalue weighted by atomic mass is 19.4. The van der Waals surface area contributed by atoms with Gasteiger partial charge < -0.3 is 10.6 Å². The average Bonchev–Trinajstić information content (AvgIpc) is 2.71. The SMILES string of the molecule is CC(C)(C(=O)NC1CCCCNC1=O)c1cccc(C(F)(F)F)c1. The highest BCUT2D eigenvalue weighted by molar-refractivity contribution is 5.92. The summed E-state index contributed by atoms with van der Waals surface area (Å²) in [6, 6.07) is 4.07. The van der Waals surface area contributed by atoms with Gasteiger partial charge in [0.2, 0.25) is 11.8 Å². The topological polar surface area (TPSA) is 58.2 Å². The number of carbonyl (C=O) groups excluding carboxylic acids is 2. The van der Waals surface area contributed by atoms with Crippen molar-refractivity contribution in [2.45, 2.75) is 50.7 Å². The molecule has 1 atom stereocenters. The Morgan fingerprint density at radius 3 is 2.54 bits per heavy atom. The van der Waals surface area contributed by atoms with Crippen molar-refractivity contribution < 1.29 is 22.8 Å². The molecule has 2 N–H and O–H groups in total. The van der Waals surface area contributed by atoms with Crippen molar-refractivity contribution in [3.05, 3.63) is 35.4 Å². The molecule has 0 spiro atoms. The fraction of sp³-hybridized carbons (Fsp3) is 0.529. The summed E-state index contributed by atoms with van der Waals surface area (Å²) in [5.74, 6) is -0.718. The summed E-state index contributed by atoms with van der Waals surface area (Å²) in [6.07, 6.45) is -2.30. The van der Waals surface area contributed by atoms with Gasteiger partial charge in [-0.05, 0) is 44.7 Å². The number of amides is 2. The second-order valence-electron chi connectivity index (χ2n) is 6.52. The molecule has 1 aliphatic heterocycles. The summed E-state index contributed by atoms with van der Waals surface area (Å²) in [5, 5.41) is 5.39. The predicted octanol–water partition coefficient (Wildman–Crippen LogP) is 2.77. The van der Waals surface area contributed by atoms with Gasteiger partial charge in [0.15, 0.2) is 0 Å². The van der Waals surface area contributed by atoms with E-state index < -0.39 is 29.1 Å². The van der Waals surface area contributed by atoms with Crippen LogP contribution in [0.1, 0.15) is 44.2 Å². The number of halogens is 3. The third kappa shape index (κ3) is 4.07.